The van der Waals surface area contributed by atoms with Crippen molar-refractivity contribution in [3.8, 4) is 0 Å². The van der Waals surface area contributed by atoms with Gasteiger partial charge in [0.1, 0.15) is 5.82 Å². The van der Waals surface area contributed by atoms with Gasteiger partial charge in [0, 0.05) is 30.0 Å². The number of carbonyl (C=O) groups excluding carboxylic acids is 2. The first-order chi connectivity index (χ1) is 9.43. The van der Waals surface area contributed by atoms with Gasteiger partial charge in [0.15, 0.2) is 0 Å². The SMILES string of the molecule is C[C@@H](CN)NC(=O)CCNC(=O)c1cc(F)ccc1Br.Cl. The third-order valence-corrected chi connectivity index (χ3v) is 3.26. The van der Waals surface area contributed by atoms with Crippen molar-refractivity contribution in [3.05, 3.63) is 34.1 Å². The first-order valence-electron chi connectivity index (χ1n) is 6.16. The Morgan fingerprint density at radius 1 is 1.43 bits per heavy atom. The summed E-state index contributed by atoms with van der Waals surface area (Å²) in [5.74, 6) is -1.12. The number of nitrogens with one attached hydrogen (secondary N) is 2. The highest BCUT2D eigenvalue weighted by atomic mass is 79.9. The fourth-order valence-corrected chi connectivity index (χ4v) is 1.89. The van der Waals surface area contributed by atoms with Crippen molar-refractivity contribution in [1.82, 2.24) is 10.6 Å². The second-order valence-corrected chi connectivity index (χ2v) is 5.19. The van der Waals surface area contributed by atoms with Crippen molar-refractivity contribution in [3.63, 3.8) is 0 Å². The minimum absolute atomic E-state index is 0. The van der Waals surface area contributed by atoms with Gasteiger partial charge < -0.3 is 16.4 Å². The molecule has 0 saturated carbocycles. The molecule has 0 radical (unpaired) electrons. The summed E-state index contributed by atoms with van der Waals surface area (Å²) in [5, 5.41) is 5.24. The predicted octanol–water partition coefficient (Wildman–Crippen LogP) is 1.59. The first kappa shape index (κ1) is 19.8. The topological polar surface area (TPSA) is 84.2 Å². The Balaban J connectivity index is 0.00000400. The van der Waals surface area contributed by atoms with Crippen molar-refractivity contribution in [2.45, 2.75) is 19.4 Å². The average Bonchev–Trinajstić information content (AvgIpc) is 2.41. The van der Waals surface area contributed by atoms with Gasteiger partial charge in [0.05, 0.1) is 5.56 Å². The van der Waals surface area contributed by atoms with Crippen LogP contribution in [-0.2, 0) is 4.79 Å². The summed E-state index contributed by atoms with van der Waals surface area (Å²) in [7, 11) is 0. The summed E-state index contributed by atoms with van der Waals surface area (Å²) < 4.78 is 13.6. The van der Waals surface area contributed by atoms with E-state index in [0.717, 1.165) is 6.07 Å². The van der Waals surface area contributed by atoms with Gasteiger partial charge in [-0.25, -0.2) is 4.39 Å². The van der Waals surface area contributed by atoms with Crippen molar-refractivity contribution in [2.75, 3.05) is 13.1 Å². The number of halogens is 3. The molecule has 0 bridgehead atoms. The second kappa shape index (κ2) is 9.70. The Hall–Kier alpha value is -1.18. The molecule has 0 unspecified atom stereocenters. The lowest BCUT2D eigenvalue weighted by Crippen LogP contribution is -2.39. The lowest BCUT2D eigenvalue weighted by atomic mass is 10.2. The summed E-state index contributed by atoms with van der Waals surface area (Å²) in [5.41, 5.74) is 5.57. The van der Waals surface area contributed by atoms with E-state index < -0.39 is 11.7 Å². The summed E-state index contributed by atoms with van der Waals surface area (Å²) in [6.45, 7) is 2.32. The summed E-state index contributed by atoms with van der Waals surface area (Å²) in [6.07, 6.45) is 0.142. The lowest BCUT2D eigenvalue weighted by Gasteiger charge is -2.11. The molecule has 1 aromatic rings. The van der Waals surface area contributed by atoms with Gasteiger partial charge in [-0.3, -0.25) is 9.59 Å². The highest BCUT2D eigenvalue weighted by Gasteiger charge is 2.12. The normalized spacial score (nSPS) is 11.2. The van der Waals surface area contributed by atoms with Crippen LogP contribution in [0.15, 0.2) is 22.7 Å². The van der Waals surface area contributed by atoms with Crippen molar-refractivity contribution < 1.29 is 14.0 Å². The van der Waals surface area contributed by atoms with Crippen LogP contribution in [0.2, 0.25) is 0 Å². The molecule has 1 atom stereocenters. The van der Waals surface area contributed by atoms with Gasteiger partial charge in [-0.15, -0.1) is 12.4 Å². The molecule has 0 saturated heterocycles. The predicted molar refractivity (Wildman–Crippen MR) is 85.0 cm³/mol. The van der Waals surface area contributed by atoms with Crippen LogP contribution in [0.4, 0.5) is 4.39 Å². The smallest absolute Gasteiger partial charge is 0.252 e. The van der Waals surface area contributed by atoms with Gasteiger partial charge in [0.25, 0.3) is 5.91 Å². The van der Waals surface area contributed by atoms with E-state index in [2.05, 4.69) is 26.6 Å². The number of benzene rings is 1. The Kier molecular flexibility index (Phi) is 9.16. The molecule has 2 amide bonds. The Bertz CT molecular complexity index is 502. The largest absolute Gasteiger partial charge is 0.352 e. The number of nitrogens with two attached hydrogens (primary N) is 1. The number of carbonyl (C=O) groups is 2. The maximum absolute atomic E-state index is 13.1. The van der Waals surface area contributed by atoms with Gasteiger partial charge in [-0.1, -0.05) is 0 Å². The fraction of sp³-hybridized carbons (Fsp3) is 0.385. The molecule has 4 N–H and O–H groups in total. The van der Waals surface area contributed by atoms with Crippen LogP contribution in [0.5, 0.6) is 0 Å². The summed E-state index contributed by atoms with van der Waals surface area (Å²) >= 11 is 3.17. The zero-order valence-corrected chi connectivity index (χ0v) is 13.9. The van der Waals surface area contributed by atoms with E-state index in [9.17, 15) is 14.0 Å². The van der Waals surface area contributed by atoms with Crippen LogP contribution in [0.25, 0.3) is 0 Å². The molecule has 0 aliphatic carbocycles. The molecule has 0 aromatic heterocycles. The molecule has 0 heterocycles. The van der Waals surface area contributed by atoms with Crippen LogP contribution in [0.1, 0.15) is 23.7 Å². The van der Waals surface area contributed by atoms with Crippen molar-refractivity contribution in [2.24, 2.45) is 5.73 Å². The Morgan fingerprint density at radius 3 is 2.71 bits per heavy atom. The van der Waals surface area contributed by atoms with E-state index in [1.54, 1.807) is 6.92 Å². The second-order valence-electron chi connectivity index (χ2n) is 4.33. The number of amides is 2. The van der Waals surface area contributed by atoms with Crippen LogP contribution in [-0.4, -0.2) is 30.9 Å². The zero-order chi connectivity index (χ0) is 15.1. The van der Waals surface area contributed by atoms with Gasteiger partial charge in [-0.05, 0) is 41.1 Å². The van der Waals surface area contributed by atoms with Gasteiger partial charge >= 0.3 is 0 Å². The van der Waals surface area contributed by atoms with Crippen molar-refractivity contribution >= 4 is 40.2 Å². The van der Waals surface area contributed by atoms with E-state index in [1.807, 2.05) is 0 Å². The van der Waals surface area contributed by atoms with E-state index in [1.165, 1.54) is 12.1 Å². The Labute approximate surface area is 137 Å². The maximum Gasteiger partial charge on any atom is 0.252 e. The van der Waals surface area contributed by atoms with E-state index in [0.29, 0.717) is 11.0 Å². The molecule has 21 heavy (non-hydrogen) atoms. The van der Waals surface area contributed by atoms with E-state index >= 15 is 0 Å². The minimum atomic E-state index is -0.493. The molecule has 1 rings (SSSR count). The molecule has 0 fully saturated rings. The van der Waals surface area contributed by atoms with Crippen molar-refractivity contribution in [1.29, 1.82) is 0 Å². The highest BCUT2D eigenvalue weighted by Crippen LogP contribution is 2.17. The molecular formula is C13H18BrClFN3O2. The monoisotopic (exact) mass is 381 g/mol. The van der Waals surface area contributed by atoms with E-state index in [4.69, 9.17) is 5.73 Å². The number of hydrogen-bond acceptors (Lipinski definition) is 3. The molecule has 1 aromatic carbocycles. The van der Waals surface area contributed by atoms with Crippen LogP contribution in [0, 0.1) is 5.82 Å². The average molecular weight is 383 g/mol. The van der Waals surface area contributed by atoms with E-state index in [-0.39, 0.29) is 42.9 Å². The minimum Gasteiger partial charge on any atom is -0.352 e. The third kappa shape index (κ3) is 6.88. The number of rotatable bonds is 6. The third-order valence-electron chi connectivity index (χ3n) is 2.57. The van der Waals surface area contributed by atoms with Crippen LogP contribution < -0.4 is 16.4 Å². The summed E-state index contributed by atoms with van der Waals surface area (Å²) in [6, 6.07) is 3.74. The van der Waals surface area contributed by atoms with Gasteiger partial charge in [0.2, 0.25) is 5.91 Å². The fourth-order valence-electron chi connectivity index (χ4n) is 1.46. The zero-order valence-electron chi connectivity index (χ0n) is 11.5. The quantitative estimate of drug-likeness (QED) is 0.698. The van der Waals surface area contributed by atoms with Gasteiger partial charge in [-0.2, -0.15) is 0 Å². The molecule has 0 aliphatic heterocycles. The van der Waals surface area contributed by atoms with Crippen LogP contribution >= 0.6 is 28.3 Å². The number of hydrogen-bond donors (Lipinski definition) is 3. The first-order valence-corrected chi connectivity index (χ1v) is 6.96. The highest BCUT2D eigenvalue weighted by molar-refractivity contribution is 9.10. The summed E-state index contributed by atoms with van der Waals surface area (Å²) in [4.78, 5) is 23.3. The Morgan fingerprint density at radius 2 is 2.10 bits per heavy atom. The maximum atomic E-state index is 13.1. The van der Waals surface area contributed by atoms with Crippen LogP contribution in [0.3, 0.4) is 0 Å². The lowest BCUT2D eigenvalue weighted by molar-refractivity contribution is -0.121. The molecule has 5 nitrogen and oxygen atoms in total. The molecule has 118 valence electrons. The molecule has 0 aliphatic rings. The standard InChI is InChI=1S/C13H17BrFN3O2.ClH/c1-8(7-16)18-12(19)4-5-17-13(20)10-6-9(15)2-3-11(10)14;/h2-3,6,8H,4-5,7,16H2,1H3,(H,17,20)(H,18,19);1H/t8-;/m0./s1. The molecule has 8 heteroatoms. The molecule has 0 spiro atoms. The molecular weight excluding hydrogens is 365 g/mol.